The molecule has 0 radical (unpaired) electrons. The van der Waals surface area contributed by atoms with Crippen LogP contribution in [-0.4, -0.2) is 32.9 Å². The van der Waals surface area contributed by atoms with Crippen molar-refractivity contribution in [2.75, 3.05) is 20.8 Å². The van der Waals surface area contributed by atoms with E-state index in [1.54, 1.807) is 38.5 Å². The summed E-state index contributed by atoms with van der Waals surface area (Å²) >= 11 is 3.35. The first-order valence-electron chi connectivity index (χ1n) is 7.56. The number of hydrogen-bond donors (Lipinski definition) is 1. The van der Waals surface area contributed by atoms with E-state index in [0.29, 0.717) is 29.4 Å². The van der Waals surface area contributed by atoms with E-state index in [0.717, 1.165) is 10.0 Å². The molecule has 0 aliphatic heterocycles. The van der Waals surface area contributed by atoms with Gasteiger partial charge in [0.1, 0.15) is 5.75 Å². The van der Waals surface area contributed by atoms with Gasteiger partial charge in [-0.15, -0.1) is 0 Å². The smallest absolute Gasteiger partial charge is 0.275 e. The SMILES string of the molecule is CCOc1ccc(Br)cc1C(=O)N/N=C\c1ccc(OC)c(OC)c1. The fourth-order valence-electron chi connectivity index (χ4n) is 2.12. The van der Waals surface area contributed by atoms with Crippen molar-refractivity contribution in [1.82, 2.24) is 5.43 Å². The van der Waals surface area contributed by atoms with Gasteiger partial charge in [0, 0.05) is 4.47 Å². The van der Waals surface area contributed by atoms with Crippen molar-refractivity contribution in [2.24, 2.45) is 5.10 Å². The highest BCUT2D eigenvalue weighted by Crippen LogP contribution is 2.27. The second-order valence-corrected chi connectivity index (χ2v) is 5.80. The number of nitrogens with one attached hydrogen (secondary N) is 1. The fourth-order valence-corrected chi connectivity index (χ4v) is 2.48. The number of hydrazone groups is 1. The Morgan fingerprint density at radius 1 is 1.12 bits per heavy atom. The standard InChI is InChI=1S/C18H19BrN2O4/c1-4-25-15-8-6-13(19)10-14(15)18(22)21-20-11-12-5-7-16(23-2)17(9-12)24-3/h5-11H,4H2,1-3H3,(H,21,22)/b20-11-. The zero-order chi connectivity index (χ0) is 18.2. The molecular weight excluding hydrogens is 388 g/mol. The van der Waals surface area contributed by atoms with Gasteiger partial charge in [-0.3, -0.25) is 4.79 Å². The average Bonchev–Trinajstić information content (AvgIpc) is 2.63. The number of carbonyl (C=O) groups is 1. The molecule has 6 nitrogen and oxygen atoms in total. The lowest BCUT2D eigenvalue weighted by Crippen LogP contribution is -2.18. The topological polar surface area (TPSA) is 69.2 Å². The number of nitrogens with zero attached hydrogens (tertiary/aromatic N) is 1. The molecule has 7 heteroatoms. The predicted octanol–water partition coefficient (Wildman–Crippen LogP) is 3.63. The van der Waals surface area contributed by atoms with Crippen molar-refractivity contribution in [1.29, 1.82) is 0 Å². The van der Waals surface area contributed by atoms with Crippen molar-refractivity contribution in [3.05, 3.63) is 52.0 Å². The van der Waals surface area contributed by atoms with Crippen LogP contribution in [0.2, 0.25) is 0 Å². The van der Waals surface area contributed by atoms with Crippen LogP contribution >= 0.6 is 15.9 Å². The molecule has 0 aromatic heterocycles. The van der Waals surface area contributed by atoms with Crippen LogP contribution < -0.4 is 19.6 Å². The van der Waals surface area contributed by atoms with E-state index in [4.69, 9.17) is 14.2 Å². The van der Waals surface area contributed by atoms with Gasteiger partial charge in [0.05, 0.1) is 32.6 Å². The van der Waals surface area contributed by atoms with Crippen molar-refractivity contribution in [3.8, 4) is 17.2 Å². The van der Waals surface area contributed by atoms with Gasteiger partial charge in [0.15, 0.2) is 11.5 Å². The average molecular weight is 407 g/mol. The molecule has 0 spiro atoms. The Morgan fingerprint density at radius 2 is 1.84 bits per heavy atom. The minimum atomic E-state index is -0.360. The first kappa shape index (κ1) is 18.8. The summed E-state index contributed by atoms with van der Waals surface area (Å²) in [5.41, 5.74) is 3.66. The molecule has 0 bridgehead atoms. The van der Waals surface area contributed by atoms with Gasteiger partial charge in [-0.2, -0.15) is 5.10 Å². The number of amides is 1. The number of hydrogen-bond acceptors (Lipinski definition) is 5. The highest BCUT2D eigenvalue weighted by Gasteiger charge is 2.12. The maximum atomic E-state index is 12.3. The summed E-state index contributed by atoms with van der Waals surface area (Å²) in [4.78, 5) is 12.3. The number of halogens is 1. The van der Waals surface area contributed by atoms with E-state index >= 15 is 0 Å². The summed E-state index contributed by atoms with van der Waals surface area (Å²) in [6, 6.07) is 10.6. The third kappa shape index (κ3) is 4.96. The molecule has 0 aliphatic carbocycles. The minimum Gasteiger partial charge on any atom is -0.493 e. The Kier molecular flexibility index (Phi) is 6.82. The Hall–Kier alpha value is -2.54. The summed E-state index contributed by atoms with van der Waals surface area (Å²) in [6.07, 6.45) is 1.53. The van der Waals surface area contributed by atoms with Crippen molar-refractivity contribution < 1.29 is 19.0 Å². The van der Waals surface area contributed by atoms with Crippen LogP contribution in [0.1, 0.15) is 22.8 Å². The third-order valence-electron chi connectivity index (χ3n) is 3.27. The summed E-state index contributed by atoms with van der Waals surface area (Å²) < 4.78 is 16.7. The van der Waals surface area contributed by atoms with E-state index in [1.807, 2.05) is 19.1 Å². The van der Waals surface area contributed by atoms with E-state index in [1.165, 1.54) is 6.21 Å². The Labute approximate surface area is 154 Å². The lowest BCUT2D eigenvalue weighted by molar-refractivity contribution is 0.0951. The molecule has 0 unspecified atom stereocenters. The summed E-state index contributed by atoms with van der Waals surface area (Å²) in [5.74, 6) is 1.36. The van der Waals surface area contributed by atoms with E-state index < -0.39 is 0 Å². The number of rotatable bonds is 7. The maximum Gasteiger partial charge on any atom is 0.275 e. The second kappa shape index (κ2) is 9.08. The van der Waals surface area contributed by atoms with E-state index in [9.17, 15) is 4.79 Å². The van der Waals surface area contributed by atoms with Gasteiger partial charge >= 0.3 is 0 Å². The molecular formula is C18H19BrN2O4. The number of benzene rings is 2. The van der Waals surface area contributed by atoms with E-state index in [-0.39, 0.29) is 5.91 Å². The molecule has 0 saturated heterocycles. The van der Waals surface area contributed by atoms with Crippen molar-refractivity contribution in [3.63, 3.8) is 0 Å². The Bertz CT molecular complexity index is 778. The maximum absolute atomic E-state index is 12.3. The molecule has 0 saturated carbocycles. The summed E-state index contributed by atoms with van der Waals surface area (Å²) in [7, 11) is 3.13. The molecule has 0 atom stereocenters. The molecule has 0 aliphatic rings. The third-order valence-corrected chi connectivity index (χ3v) is 3.77. The normalized spacial score (nSPS) is 10.6. The molecule has 1 N–H and O–H groups in total. The molecule has 2 rings (SSSR count). The van der Waals surface area contributed by atoms with Crippen LogP contribution in [0.15, 0.2) is 46.0 Å². The van der Waals surface area contributed by atoms with Crippen molar-refractivity contribution in [2.45, 2.75) is 6.92 Å². The molecule has 2 aromatic rings. The summed E-state index contributed by atoms with van der Waals surface area (Å²) in [6.45, 7) is 2.33. The molecule has 2 aromatic carbocycles. The van der Waals surface area contributed by atoms with Crippen LogP contribution in [0.3, 0.4) is 0 Å². The van der Waals surface area contributed by atoms with Gasteiger partial charge in [0.2, 0.25) is 0 Å². The second-order valence-electron chi connectivity index (χ2n) is 4.89. The molecule has 1 amide bonds. The van der Waals surface area contributed by atoms with Gasteiger partial charge in [-0.1, -0.05) is 15.9 Å². The van der Waals surface area contributed by atoms with Crippen LogP contribution in [0, 0.1) is 0 Å². The van der Waals surface area contributed by atoms with Crippen LogP contribution in [0.5, 0.6) is 17.2 Å². The monoisotopic (exact) mass is 406 g/mol. The van der Waals surface area contributed by atoms with Crippen LogP contribution in [0.4, 0.5) is 0 Å². The molecule has 132 valence electrons. The lowest BCUT2D eigenvalue weighted by atomic mass is 10.2. The van der Waals surface area contributed by atoms with Crippen molar-refractivity contribution >= 4 is 28.1 Å². The number of methoxy groups -OCH3 is 2. The molecule has 0 heterocycles. The fraction of sp³-hybridized carbons (Fsp3) is 0.222. The Balaban J connectivity index is 2.12. The van der Waals surface area contributed by atoms with Gasteiger partial charge in [0.25, 0.3) is 5.91 Å². The minimum absolute atomic E-state index is 0.360. The number of ether oxygens (including phenoxy) is 3. The quantitative estimate of drug-likeness (QED) is 0.562. The van der Waals surface area contributed by atoms with E-state index in [2.05, 4.69) is 26.5 Å². The van der Waals surface area contributed by atoms with Crippen LogP contribution in [0.25, 0.3) is 0 Å². The lowest BCUT2D eigenvalue weighted by Gasteiger charge is -2.09. The zero-order valence-corrected chi connectivity index (χ0v) is 15.8. The largest absolute Gasteiger partial charge is 0.493 e. The highest BCUT2D eigenvalue weighted by atomic mass is 79.9. The molecule has 0 fully saturated rings. The first-order valence-corrected chi connectivity index (χ1v) is 8.36. The number of carbonyl (C=O) groups excluding carboxylic acids is 1. The highest BCUT2D eigenvalue weighted by molar-refractivity contribution is 9.10. The first-order chi connectivity index (χ1) is 12.1. The van der Waals surface area contributed by atoms with Gasteiger partial charge in [-0.05, 0) is 48.9 Å². The predicted molar refractivity (Wildman–Crippen MR) is 99.9 cm³/mol. The van der Waals surface area contributed by atoms with Crippen LogP contribution in [-0.2, 0) is 0 Å². The van der Waals surface area contributed by atoms with Gasteiger partial charge < -0.3 is 14.2 Å². The Morgan fingerprint density at radius 3 is 2.52 bits per heavy atom. The van der Waals surface area contributed by atoms with Gasteiger partial charge in [-0.25, -0.2) is 5.43 Å². The molecule has 25 heavy (non-hydrogen) atoms. The summed E-state index contributed by atoms with van der Waals surface area (Å²) in [5, 5.41) is 3.99. The zero-order valence-electron chi connectivity index (χ0n) is 14.2.